The molecular formula is C8H11F3N2O. The van der Waals surface area contributed by atoms with Crippen LogP contribution in [0.3, 0.4) is 0 Å². The fraction of sp³-hybridized carbons (Fsp3) is 0.875. The number of nitrogens with one attached hydrogen (secondary N) is 1. The van der Waals surface area contributed by atoms with Gasteiger partial charge in [-0.15, -0.1) is 0 Å². The zero-order valence-electron chi connectivity index (χ0n) is 7.52. The highest BCUT2D eigenvalue weighted by Gasteiger charge is 2.54. The van der Waals surface area contributed by atoms with E-state index in [0.717, 1.165) is 0 Å². The molecule has 0 aromatic rings. The van der Waals surface area contributed by atoms with Crippen molar-refractivity contribution in [2.24, 2.45) is 0 Å². The minimum absolute atomic E-state index is 0.0813. The SMILES string of the molecule is N#CCNC1(C(F)(F)F)CCOCC1. The van der Waals surface area contributed by atoms with Crippen LogP contribution in [0.15, 0.2) is 0 Å². The third-order valence-corrected chi connectivity index (χ3v) is 2.39. The molecule has 0 aromatic heterocycles. The van der Waals surface area contributed by atoms with Gasteiger partial charge >= 0.3 is 6.18 Å². The first-order valence-corrected chi connectivity index (χ1v) is 4.28. The fourth-order valence-corrected chi connectivity index (χ4v) is 1.49. The maximum absolute atomic E-state index is 12.7. The molecule has 1 N–H and O–H groups in total. The van der Waals surface area contributed by atoms with E-state index in [-0.39, 0.29) is 32.6 Å². The Hall–Kier alpha value is -0.800. The van der Waals surface area contributed by atoms with Crippen LogP contribution < -0.4 is 5.32 Å². The lowest BCUT2D eigenvalue weighted by atomic mass is 9.89. The van der Waals surface area contributed by atoms with Gasteiger partial charge in [-0.3, -0.25) is 5.32 Å². The summed E-state index contributed by atoms with van der Waals surface area (Å²) >= 11 is 0. The summed E-state index contributed by atoms with van der Waals surface area (Å²) in [6.45, 7) is -0.130. The van der Waals surface area contributed by atoms with Crippen LogP contribution in [0, 0.1) is 11.3 Å². The molecule has 1 heterocycles. The van der Waals surface area contributed by atoms with Crippen LogP contribution in [-0.4, -0.2) is 31.5 Å². The second-order valence-electron chi connectivity index (χ2n) is 3.20. The predicted molar refractivity (Wildman–Crippen MR) is 42.5 cm³/mol. The molecule has 0 aromatic carbocycles. The summed E-state index contributed by atoms with van der Waals surface area (Å²) in [4.78, 5) is 0. The largest absolute Gasteiger partial charge is 0.406 e. The third kappa shape index (κ3) is 2.16. The Morgan fingerprint density at radius 3 is 2.36 bits per heavy atom. The van der Waals surface area contributed by atoms with Crippen molar-refractivity contribution in [3.05, 3.63) is 0 Å². The molecule has 3 nitrogen and oxygen atoms in total. The summed E-state index contributed by atoms with van der Waals surface area (Å²) in [6.07, 6.45) is -4.58. The van der Waals surface area contributed by atoms with Gasteiger partial charge in [-0.1, -0.05) is 0 Å². The molecule has 0 unspecified atom stereocenters. The highest BCUT2D eigenvalue weighted by Crippen LogP contribution is 2.37. The molecule has 0 saturated carbocycles. The Bertz CT molecular complexity index is 228. The van der Waals surface area contributed by atoms with Crippen molar-refractivity contribution < 1.29 is 17.9 Å². The normalized spacial score (nSPS) is 21.6. The van der Waals surface area contributed by atoms with Gasteiger partial charge in [0.05, 0.1) is 12.6 Å². The van der Waals surface area contributed by atoms with E-state index in [0.29, 0.717) is 0 Å². The molecule has 0 atom stereocenters. The third-order valence-electron chi connectivity index (χ3n) is 2.39. The van der Waals surface area contributed by atoms with Gasteiger partial charge in [0.1, 0.15) is 5.54 Å². The standard InChI is InChI=1S/C8H11F3N2O/c9-8(10,11)7(13-4-3-12)1-5-14-6-2-7/h13H,1-2,4-6H2. The Balaban J connectivity index is 2.73. The fourth-order valence-electron chi connectivity index (χ4n) is 1.49. The lowest BCUT2D eigenvalue weighted by Gasteiger charge is -2.38. The number of ether oxygens (including phenoxy) is 1. The van der Waals surface area contributed by atoms with Crippen molar-refractivity contribution in [3.8, 4) is 6.07 Å². The summed E-state index contributed by atoms with van der Waals surface area (Å²) < 4.78 is 43.0. The molecule has 0 spiro atoms. The van der Waals surface area contributed by atoms with Gasteiger partial charge in [-0.25, -0.2) is 0 Å². The first-order valence-electron chi connectivity index (χ1n) is 4.28. The zero-order chi connectivity index (χ0) is 10.7. The van der Waals surface area contributed by atoms with Gasteiger partial charge in [0.25, 0.3) is 0 Å². The maximum atomic E-state index is 12.7. The first-order chi connectivity index (χ1) is 6.52. The molecule has 14 heavy (non-hydrogen) atoms. The summed E-state index contributed by atoms with van der Waals surface area (Å²) in [6, 6.07) is 1.66. The van der Waals surface area contributed by atoms with Crippen molar-refractivity contribution >= 4 is 0 Å². The number of rotatable bonds is 2. The molecule has 1 aliphatic heterocycles. The number of hydrogen-bond acceptors (Lipinski definition) is 3. The van der Waals surface area contributed by atoms with E-state index >= 15 is 0 Å². The minimum atomic E-state index is -4.33. The van der Waals surface area contributed by atoms with Crippen molar-refractivity contribution in [2.75, 3.05) is 19.8 Å². The lowest BCUT2D eigenvalue weighted by molar-refractivity contribution is -0.215. The lowest BCUT2D eigenvalue weighted by Crippen LogP contribution is -2.59. The van der Waals surface area contributed by atoms with Crippen molar-refractivity contribution in [1.29, 1.82) is 5.26 Å². The summed E-state index contributed by atoms with van der Waals surface area (Å²) in [5, 5.41) is 10.5. The van der Waals surface area contributed by atoms with Crippen LogP contribution in [-0.2, 0) is 4.74 Å². The van der Waals surface area contributed by atoms with E-state index in [2.05, 4.69) is 5.32 Å². The molecule has 1 saturated heterocycles. The van der Waals surface area contributed by atoms with Gasteiger partial charge in [0.2, 0.25) is 0 Å². The summed E-state index contributed by atoms with van der Waals surface area (Å²) in [5.74, 6) is 0. The summed E-state index contributed by atoms with van der Waals surface area (Å²) in [5.41, 5.74) is -1.93. The number of halogens is 3. The Morgan fingerprint density at radius 1 is 1.36 bits per heavy atom. The number of nitrogens with zero attached hydrogens (tertiary/aromatic N) is 1. The van der Waals surface area contributed by atoms with E-state index in [1.807, 2.05) is 0 Å². The van der Waals surface area contributed by atoms with Crippen LogP contribution in [0.2, 0.25) is 0 Å². The monoisotopic (exact) mass is 208 g/mol. The van der Waals surface area contributed by atoms with Gasteiger partial charge < -0.3 is 4.74 Å². The molecule has 1 aliphatic rings. The van der Waals surface area contributed by atoms with Crippen molar-refractivity contribution in [1.82, 2.24) is 5.32 Å². The molecule has 1 rings (SSSR count). The molecule has 0 aliphatic carbocycles. The molecular weight excluding hydrogens is 197 g/mol. The zero-order valence-corrected chi connectivity index (χ0v) is 7.52. The van der Waals surface area contributed by atoms with Crippen LogP contribution in [0.5, 0.6) is 0 Å². The van der Waals surface area contributed by atoms with Crippen LogP contribution in [0.4, 0.5) is 13.2 Å². The molecule has 0 amide bonds. The topological polar surface area (TPSA) is 45.0 Å². The molecule has 0 bridgehead atoms. The first kappa shape index (κ1) is 11.3. The number of nitriles is 1. The van der Waals surface area contributed by atoms with E-state index in [9.17, 15) is 13.2 Å². The highest BCUT2D eigenvalue weighted by molar-refractivity contribution is 4.98. The average Bonchev–Trinajstić information content (AvgIpc) is 2.14. The van der Waals surface area contributed by atoms with E-state index in [1.54, 1.807) is 6.07 Å². The second-order valence-corrected chi connectivity index (χ2v) is 3.20. The van der Waals surface area contributed by atoms with E-state index in [4.69, 9.17) is 10.00 Å². The van der Waals surface area contributed by atoms with Crippen LogP contribution in [0.25, 0.3) is 0 Å². The maximum Gasteiger partial charge on any atom is 0.406 e. The highest BCUT2D eigenvalue weighted by atomic mass is 19.4. The Morgan fingerprint density at radius 2 is 1.93 bits per heavy atom. The van der Waals surface area contributed by atoms with Crippen molar-refractivity contribution in [3.63, 3.8) is 0 Å². The van der Waals surface area contributed by atoms with Crippen LogP contribution >= 0.6 is 0 Å². The van der Waals surface area contributed by atoms with E-state index < -0.39 is 11.7 Å². The molecule has 1 fully saturated rings. The quantitative estimate of drug-likeness (QED) is 0.694. The van der Waals surface area contributed by atoms with Gasteiger partial charge in [0.15, 0.2) is 0 Å². The molecule has 6 heteroatoms. The molecule has 80 valence electrons. The molecule has 0 radical (unpaired) electrons. The van der Waals surface area contributed by atoms with Gasteiger partial charge in [-0.2, -0.15) is 18.4 Å². The van der Waals surface area contributed by atoms with Gasteiger partial charge in [0, 0.05) is 13.2 Å². The number of alkyl halides is 3. The Kier molecular flexibility index (Phi) is 3.34. The number of hydrogen-bond donors (Lipinski definition) is 1. The summed E-state index contributed by atoms with van der Waals surface area (Å²) in [7, 11) is 0. The Labute approximate surface area is 79.8 Å². The van der Waals surface area contributed by atoms with E-state index in [1.165, 1.54) is 0 Å². The second kappa shape index (κ2) is 4.15. The van der Waals surface area contributed by atoms with Crippen molar-refractivity contribution in [2.45, 2.75) is 24.6 Å². The minimum Gasteiger partial charge on any atom is -0.381 e. The van der Waals surface area contributed by atoms with Gasteiger partial charge in [-0.05, 0) is 12.8 Å². The predicted octanol–water partition coefficient (Wildman–Crippen LogP) is 1.21. The average molecular weight is 208 g/mol. The smallest absolute Gasteiger partial charge is 0.381 e. The van der Waals surface area contributed by atoms with Crippen LogP contribution in [0.1, 0.15) is 12.8 Å².